The first-order chi connectivity index (χ1) is 16.0. The van der Waals surface area contributed by atoms with Crippen molar-refractivity contribution in [3.8, 4) is 23.5 Å². The summed E-state index contributed by atoms with van der Waals surface area (Å²) in [6.07, 6.45) is 12.9. The lowest BCUT2D eigenvalue weighted by atomic mass is 9.70. The van der Waals surface area contributed by atoms with Gasteiger partial charge in [-0.25, -0.2) is 9.50 Å². The number of nitrogen functional groups attached to an aromatic ring is 1. The summed E-state index contributed by atoms with van der Waals surface area (Å²) in [6.45, 7) is 0. The van der Waals surface area contributed by atoms with Gasteiger partial charge in [0.25, 0.3) is 0 Å². The van der Waals surface area contributed by atoms with Gasteiger partial charge < -0.3 is 5.73 Å². The first-order valence-electron chi connectivity index (χ1n) is 10.8. The number of nitriles is 2. The Bertz CT molecular complexity index is 1380. The van der Waals surface area contributed by atoms with E-state index in [4.69, 9.17) is 10.7 Å². The third-order valence-electron chi connectivity index (χ3n) is 6.44. The highest BCUT2D eigenvalue weighted by molar-refractivity contribution is 6.12. The quantitative estimate of drug-likeness (QED) is 0.621. The van der Waals surface area contributed by atoms with Crippen molar-refractivity contribution in [3.05, 3.63) is 36.4 Å². The lowest BCUT2D eigenvalue weighted by molar-refractivity contribution is -0.456. The predicted molar refractivity (Wildman–Crippen MR) is 123 cm³/mol. The summed E-state index contributed by atoms with van der Waals surface area (Å²) in [5.41, 5.74) is 9.41. The lowest BCUT2D eigenvalue weighted by Crippen LogP contribution is -2.30. The zero-order valence-corrected chi connectivity index (χ0v) is 18.3. The number of anilines is 1. The number of aromatic nitrogens is 5. The number of nitrogens with zero attached hydrogens (tertiary/aromatic N) is 9. The molecule has 0 bridgehead atoms. The van der Waals surface area contributed by atoms with Crippen molar-refractivity contribution in [2.45, 2.75) is 32.1 Å². The van der Waals surface area contributed by atoms with Gasteiger partial charge in [-0.15, -0.1) is 0 Å². The Morgan fingerprint density at radius 2 is 2.12 bits per heavy atom. The fourth-order valence-electron chi connectivity index (χ4n) is 4.51. The molecule has 2 N–H and O–H groups in total. The smallest absolute Gasteiger partial charge is 0.213 e. The minimum Gasteiger partial charge on any atom is -0.384 e. The number of rotatable bonds is 4. The molecule has 1 saturated carbocycles. The van der Waals surface area contributed by atoms with E-state index < -0.39 is 0 Å². The van der Waals surface area contributed by atoms with Gasteiger partial charge in [0.05, 0.1) is 47.5 Å². The highest BCUT2D eigenvalue weighted by Gasteiger charge is 2.38. The Balaban J connectivity index is 1.52. The third-order valence-corrected chi connectivity index (χ3v) is 6.44. The van der Waals surface area contributed by atoms with E-state index in [-0.39, 0.29) is 11.3 Å². The molecule has 5 rings (SSSR count). The van der Waals surface area contributed by atoms with Crippen molar-refractivity contribution in [1.82, 2.24) is 24.4 Å². The van der Waals surface area contributed by atoms with Crippen LogP contribution in [0.25, 0.3) is 22.5 Å². The summed E-state index contributed by atoms with van der Waals surface area (Å²) in [7, 11) is 1.78. The van der Waals surface area contributed by atoms with Gasteiger partial charge in [0.1, 0.15) is 29.1 Å². The summed E-state index contributed by atoms with van der Waals surface area (Å²) in [5, 5.41) is 32.0. The van der Waals surface area contributed by atoms with Crippen LogP contribution in [0.15, 0.2) is 35.8 Å². The van der Waals surface area contributed by atoms with Crippen molar-refractivity contribution < 1.29 is 4.68 Å². The normalized spacial score (nSPS) is 23.5. The van der Waals surface area contributed by atoms with Gasteiger partial charge >= 0.3 is 0 Å². The van der Waals surface area contributed by atoms with Crippen LogP contribution in [0.4, 0.5) is 5.82 Å². The summed E-state index contributed by atoms with van der Waals surface area (Å²) < 4.78 is 5.15. The second-order valence-electron chi connectivity index (χ2n) is 8.65. The van der Waals surface area contributed by atoms with E-state index >= 15 is 0 Å². The zero-order chi connectivity index (χ0) is 23.0. The number of nitrogens with two attached hydrogens (primary N) is 1. The third kappa shape index (κ3) is 3.76. The van der Waals surface area contributed by atoms with Gasteiger partial charge in [0.2, 0.25) is 6.20 Å². The van der Waals surface area contributed by atoms with Crippen molar-refractivity contribution in [1.29, 1.82) is 10.5 Å². The molecule has 164 valence electrons. The average Bonchev–Trinajstić information content (AvgIpc) is 3.54. The molecule has 0 atom stereocenters. The Kier molecular flexibility index (Phi) is 4.98. The molecular weight excluding hydrogens is 416 g/mol. The van der Waals surface area contributed by atoms with Gasteiger partial charge in [-0.2, -0.15) is 20.7 Å². The first kappa shape index (κ1) is 20.6. The molecule has 0 saturated heterocycles. The number of hydrazone groups is 1. The predicted octanol–water partition coefficient (Wildman–Crippen LogP) is 2.75. The average molecular weight is 440 g/mol. The molecule has 10 heteroatoms. The Labute approximate surface area is 190 Å². The number of fused-ring (bicyclic) bond motifs is 1. The SMILES string of the molecule is Cn1nc(-c2cn3nccc3c(C3=C/[N+](=C/C4(CC#N)CCC(C#N)CC4)N=C3)n2)cc1N. The van der Waals surface area contributed by atoms with Crippen LogP contribution >= 0.6 is 0 Å². The molecule has 0 unspecified atom stereocenters. The maximum absolute atomic E-state index is 9.42. The summed E-state index contributed by atoms with van der Waals surface area (Å²) >= 11 is 0. The van der Waals surface area contributed by atoms with Crippen LogP contribution in [-0.4, -0.2) is 41.5 Å². The van der Waals surface area contributed by atoms with E-state index in [1.807, 2.05) is 24.7 Å². The maximum Gasteiger partial charge on any atom is 0.213 e. The minimum atomic E-state index is -0.280. The van der Waals surface area contributed by atoms with Gasteiger partial charge in [0, 0.05) is 19.0 Å². The number of aryl methyl sites for hydroxylation is 1. The van der Waals surface area contributed by atoms with Crippen LogP contribution < -0.4 is 5.73 Å². The fraction of sp³-hybridized carbons (Fsp3) is 0.348. The molecule has 33 heavy (non-hydrogen) atoms. The number of allylic oxidation sites excluding steroid dienone is 1. The molecule has 2 aliphatic rings. The van der Waals surface area contributed by atoms with Gasteiger partial charge in [-0.05, 0) is 36.9 Å². The van der Waals surface area contributed by atoms with E-state index in [0.29, 0.717) is 23.6 Å². The molecule has 1 fully saturated rings. The van der Waals surface area contributed by atoms with Crippen LogP contribution in [0.1, 0.15) is 37.8 Å². The lowest BCUT2D eigenvalue weighted by Gasteiger charge is -2.31. The van der Waals surface area contributed by atoms with Crippen molar-refractivity contribution in [3.63, 3.8) is 0 Å². The van der Waals surface area contributed by atoms with Crippen LogP contribution in [-0.2, 0) is 7.05 Å². The molecule has 1 aliphatic heterocycles. The van der Waals surface area contributed by atoms with Crippen LogP contribution in [0.3, 0.4) is 0 Å². The topological polar surface area (TPSA) is 137 Å². The summed E-state index contributed by atoms with van der Waals surface area (Å²) in [5.74, 6) is 0.617. The first-order valence-corrected chi connectivity index (χ1v) is 10.8. The minimum absolute atomic E-state index is 0.0705. The highest BCUT2D eigenvalue weighted by atomic mass is 15.4. The second-order valence-corrected chi connectivity index (χ2v) is 8.65. The van der Waals surface area contributed by atoms with Crippen molar-refractivity contribution in [2.75, 3.05) is 5.73 Å². The summed E-state index contributed by atoms with van der Waals surface area (Å²) in [4.78, 5) is 4.86. The van der Waals surface area contributed by atoms with E-state index in [9.17, 15) is 10.5 Å². The molecule has 1 aliphatic carbocycles. The van der Waals surface area contributed by atoms with Crippen molar-refractivity contribution in [2.24, 2.45) is 23.5 Å². The number of hydrogen-bond acceptors (Lipinski definition) is 7. The standard InChI is InChI=1S/C23H23N10/c1-31-21(26)10-18(30-31)19-14-33-20(4-9-27-33)22(29-19)17-12-28-32(13-17)15-23(7-8-24)5-2-16(11-25)3-6-23/h4,9-10,12-16H,2-3,5-7,26H2,1H3/q+1/b32-15-. The Morgan fingerprint density at radius 3 is 2.82 bits per heavy atom. The molecule has 3 aromatic rings. The van der Waals surface area contributed by atoms with Gasteiger partial charge in [0.15, 0.2) is 6.21 Å². The summed E-state index contributed by atoms with van der Waals surface area (Å²) in [6, 6.07) is 8.37. The molecule has 0 amide bonds. The van der Waals surface area contributed by atoms with E-state index in [1.165, 1.54) is 0 Å². The molecule has 4 heterocycles. The monoisotopic (exact) mass is 439 g/mol. The molecule has 0 spiro atoms. The van der Waals surface area contributed by atoms with E-state index in [0.717, 1.165) is 42.5 Å². The largest absolute Gasteiger partial charge is 0.384 e. The van der Waals surface area contributed by atoms with Crippen LogP contribution in [0, 0.1) is 34.0 Å². The second kappa shape index (κ2) is 7.99. The van der Waals surface area contributed by atoms with Gasteiger partial charge in [-0.3, -0.25) is 4.68 Å². The van der Waals surface area contributed by atoms with Crippen LogP contribution in [0.2, 0.25) is 0 Å². The number of hydrogen-bond donors (Lipinski definition) is 1. The fourth-order valence-corrected chi connectivity index (χ4v) is 4.51. The highest BCUT2D eigenvalue weighted by Crippen LogP contribution is 2.40. The molecule has 3 aromatic heterocycles. The van der Waals surface area contributed by atoms with E-state index in [1.54, 1.807) is 39.4 Å². The maximum atomic E-state index is 9.42. The van der Waals surface area contributed by atoms with Gasteiger partial charge in [-0.1, -0.05) is 4.68 Å². The molecular formula is C23H23N10+. The Hall–Kier alpha value is -4.31. The Morgan fingerprint density at radius 1 is 1.30 bits per heavy atom. The molecule has 0 radical (unpaired) electrons. The zero-order valence-electron chi connectivity index (χ0n) is 18.3. The van der Waals surface area contributed by atoms with Crippen molar-refractivity contribution >= 4 is 29.3 Å². The van der Waals surface area contributed by atoms with Crippen LogP contribution in [0.5, 0.6) is 0 Å². The molecule has 0 aromatic carbocycles. The molecule has 10 nitrogen and oxygen atoms in total. The van der Waals surface area contributed by atoms with E-state index in [2.05, 4.69) is 27.4 Å².